The summed E-state index contributed by atoms with van der Waals surface area (Å²) < 4.78 is 22.2. The van der Waals surface area contributed by atoms with E-state index in [-0.39, 0.29) is 5.97 Å². The van der Waals surface area contributed by atoms with Crippen molar-refractivity contribution in [3.8, 4) is 11.5 Å². The average Bonchev–Trinajstić information content (AvgIpc) is 2.81. The summed E-state index contributed by atoms with van der Waals surface area (Å²) in [7, 11) is 1.60. The molecule has 1 saturated heterocycles. The fourth-order valence-electron chi connectivity index (χ4n) is 3.71. The first-order valence-corrected chi connectivity index (χ1v) is 12.6. The number of ether oxygens (including phenoxy) is 4. The monoisotopic (exact) mass is 508 g/mol. The number of anilines is 1. The maximum absolute atomic E-state index is 11.8. The summed E-state index contributed by atoms with van der Waals surface area (Å²) in [4.78, 5) is 23.2. The molecule has 2 aromatic rings. The number of morpholine rings is 1. The zero-order valence-electron chi connectivity index (χ0n) is 21.2. The standard InChI is InChI=1S/C25H37ClN4O5/c1-25(2,3)35-22(31)8-6-5-7-9-27-24-23(26)28-18-16-20(32-4)21(17-19(18)29-24)34-15-12-30-10-13-33-14-11-30/h16-17H,5-15H2,1-4H3,(H,27,29). The van der Waals surface area contributed by atoms with Crippen LogP contribution in [0.5, 0.6) is 11.5 Å². The fraction of sp³-hybridized carbons (Fsp3) is 0.640. The summed E-state index contributed by atoms with van der Waals surface area (Å²) in [6.45, 7) is 11.0. The Bertz CT molecular complexity index is 976. The molecule has 1 fully saturated rings. The van der Waals surface area contributed by atoms with Gasteiger partial charge in [0.25, 0.3) is 0 Å². The quantitative estimate of drug-likeness (QED) is 0.332. The molecule has 0 atom stereocenters. The van der Waals surface area contributed by atoms with E-state index in [1.807, 2.05) is 26.8 Å². The number of benzene rings is 1. The van der Waals surface area contributed by atoms with Gasteiger partial charge in [0.2, 0.25) is 0 Å². The Morgan fingerprint density at radius 1 is 1.11 bits per heavy atom. The summed E-state index contributed by atoms with van der Waals surface area (Å²) in [6, 6.07) is 3.63. The van der Waals surface area contributed by atoms with Gasteiger partial charge >= 0.3 is 5.97 Å². The van der Waals surface area contributed by atoms with E-state index in [1.54, 1.807) is 13.2 Å². The van der Waals surface area contributed by atoms with Crippen LogP contribution in [0, 0.1) is 0 Å². The Balaban J connectivity index is 1.52. The van der Waals surface area contributed by atoms with Crippen molar-refractivity contribution in [2.45, 2.75) is 52.1 Å². The van der Waals surface area contributed by atoms with Gasteiger partial charge in [-0.15, -0.1) is 0 Å². The van der Waals surface area contributed by atoms with E-state index in [0.717, 1.165) is 52.1 Å². The van der Waals surface area contributed by atoms with Gasteiger partial charge in [-0.05, 0) is 33.6 Å². The third kappa shape index (κ3) is 8.98. The molecular weight excluding hydrogens is 472 g/mol. The maximum Gasteiger partial charge on any atom is 0.306 e. The van der Waals surface area contributed by atoms with Crippen LogP contribution in [0.1, 0.15) is 46.5 Å². The van der Waals surface area contributed by atoms with Crippen LogP contribution in [-0.2, 0) is 14.3 Å². The third-order valence-corrected chi connectivity index (χ3v) is 5.71. The van der Waals surface area contributed by atoms with Crippen LogP contribution in [0.4, 0.5) is 5.82 Å². The molecule has 194 valence electrons. The SMILES string of the molecule is COc1cc2nc(Cl)c(NCCCCCC(=O)OC(C)(C)C)nc2cc1OCCN1CCOCC1. The van der Waals surface area contributed by atoms with Crippen LogP contribution < -0.4 is 14.8 Å². The average molecular weight is 509 g/mol. The van der Waals surface area contributed by atoms with E-state index in [9.17, 15) is 4.79 Å². The lowest BCUT2D eigenvalue weighted by atomic mass is 10.1. The number of halogens is 1. The first-order chi connectivity index (χ1) is 16.7. The number of carbonyl (C=O) groups excluding carboxylic acids is 1. The van der Waals surface area contributed by atoms with E-state index in [4.69, 9.17) is 30.5 Å². The third-order valence-electron chi connectivity index (χ3n) is 5.45. The second kappa shape index (κ2) is 13.1. The molecule has 35 heavy (non-hydrogen) atoms. The molecule has 1 N–H and O–H groups in total. The van der Waals surface area contributed by atoms with Gasteiger partial charge in [0.15, 0.2) is 22.5 Å². The predicted molar refractivity (Wildman–Crippen MR) is 137 cm³/mol. The van der Waals surface area contributed by atoms with Crippen molar-refractivity contribution in [2.24, 2.45) is 0 Å². The van der Waals surface area contributed by atoms with Crippen LogP contribution in [0.3, 0.4) is 0 Å². The van der Waals surface area contributed by atoms with Crippen molar-refractivity contribution in [1.29, 1.82) is 0 Å². The van der Waals surface area contributed by atoms with Gasteiger partial charge in [0, 0.05) is 44.7 Å². The first kappa shape index (κ1) is 27.2. The molecule has 0 spiro atoms. The zero-order valence-corrected chi connectivity index (χ0v) is 21.9. The summed E-state index contributed by atoms with van der Waals surface area (Å²) in [5, 5.41) is 3.55. The number of methoxy groups -OCH3 is 1. The second-order valence-electron chi connectivity index (χ2n) is 9.48. The minimum absolute atomic E-state index is 0.160. The van der Waals surface area contributed by atoms with Gasteiger partial charge in [0.1, 0.15) is 12.2 Å². The molecule has 0 bridgehead atoms. The van der Waals surface area contributed by atoms with Crippen LogP contribution in [0.25, 0.3) is 11.0 Å². The van der Waals surface area contributed by atoms with Crippen LogP contribution in [-0.4, -0.2) is 79.5 Å². The summed E-state index contributed by atoms with van der Waals surface area (Å²) in [5.74, 6) is 1.58. The summed E-state index contributed by atoms with van der Waals surface area (Å²) in [5.41, 5.74) is 0.862. The summed E-state index contributed by atoms with van der Waals surface area (Å²) >= 11 is 6.37. The van der Waals surface area contributed by atoms with E-state index in [1.165, 1.54) is 0 Å². The molecule has 0 aliphatic carbocycles. The predicted octanol–water partition coefficient (Wildman–Crippen LogP) is 4.32. The van der Waals surface area contributed by atoms with Crippen molar-refractivity contribution >= 4 is 34.4 Å². The van der Waals surface area contributed by atoms with Gasteiger partial charge in [-0.25, -0.2) is 9.97 Å². The van der Waals surface area contributed by atoms with Crippen molar-refractivity contribution in [3.05, 3.63) is 17.3 Å². The van der Waals surface area contributed by atoms with E-state index in [2.05, 4.69) is 20.2 Å². The Morgan fingerprint density at radius 3 is 2.54 bits per heavy atom. The number of nitrogens with zero attached hydrogens (tertiary/aromatic N) is 3. The lowest BCUT2D eigenvalue weighted by molar-refractivity contribution is -0.154. The summed E-state index contributed by atoms with van der Waals surface area (Å²) in [6.07, 6.45) is 2.96. The normalized spacial score (nSPS) is 14.7. The number of hydrogen-bond donors (Lipinski definition) is 1. The number of rotatable bonds is 12. The Morgan fingerprint density at radius 2 is 1.83 bits per heavy atom. The Kier molecular flexibility index (Phi) is 10.2. The van der Waals surface area contributed by atoms with Crippen molar-refractivity contribution in [3.63, 3.8) is 0 Å². The molecule has 0 amide bonds. The highest BCUT2D eigenvalue weighted by molar-refractivity contribution is 6.32. The number of esters is 1. The molecule has 1 aliphatic heterocycles. The van der Waals surface area contributed by atoms with Crippen LogP contribution in [0.2, 0.25) is 5.15 Å². The number of aromatic nitrogens is 2. The highest BCUT2D eigenvalue weighted by atomic mass is 35.5. The molecule has 3 rings (SSSR count). The molecule has 1 aromatic carbocycles. The highest BCUT2D eigenvalue weighted by Crippen LogP contribution is 2.33. The van der Waals surface area contributed by atoms with E-state index >= 15 is 0 Å². The molecule has 0 radical (unpaired) electrons. The molecule has 10 heteroatoms. The second-order valence-corrected chi connectivity index (χ2v) is 9.84. The first-order valence-electron chi connectivity index (χ1n) is 12.2. The van der Waals surface area contributed by atoms with Gasteiger partial charge in [-0.2, -0.15) is 0 Å². The topological polar surface area (TPSA) is 95.0 Å². The van der Waals surface area contributed by atoms with Gasteiger partial charge < -0.3 is 24.3 Å². The number of hydrogen-bond acceptors (Lipinski definition) is 9. The lowest BCUT2D eigenvalue weighted by Crippen LogP contribution is -2.38. The molecule has 2 heterocycles. The minimum atomic E-state index is -0.443. The Labute approximate surface area is 212 Å². The fourth-order valence-corrected chi connectivity index (χ4v) is 3.91. The molecular formula is C25H37ClN4O5. The van der Waals surface area contributed by atoms with E-state index in [0.29, 0.717) is 53.1 Å². The largest absolute Gasteiger partial charge is 0.493 e. The minimum Gasteiger partial charge on any atom is -0.493 e. The maximum atomic E-state index is 11.8. The molecule has 1 aliphatic rings. The molecule has 9 nitrogen and oxygen atoms in total. The van der Waals surface area contributed by atoms with Crippen molar-refractivity contribution in [1.82, 2.24) is 14.9 Å². The van der Waals surface area contributed by atoms with Crippen LogP contribution in [0.15, 0.2) is 12.1 Å². The number of carbonyl (C=O) groups is 1. The van der Waals surface area contributed by atoms with Crippen LogP contribution >= 0.6 is 11.6 Å². The van der Waals surface area contributed by atoms with Crippen molar-refractivity contribution < 1.29 is 23.7 Å². The van der Waals surface area contributed by atoms with Gasteiger partial charge in [-0.1, -0.05) is 18.0 Å². The smallest absolute Gasteiger partial charge is 0.306 e. The number of nitrogens with one attached hydrogen (secondary N) is 1. The lowest BCUT2D eigenvalue weighted by Gasteiger charge is -2.26. The molecule has 0 saturated carbocycles. The Hall–Kier alpha value is -2.36. The highest BCUT2D eigenvalue weighted by Gasteiger charge is 2.16. The van der Waals surface area contributed by atoms with Gasteiger partial charge in [0.05, 0.1) is 31.4 Å². The molecule has 0 unspecified atom stereocenters. The number of unbranched alkanes of at least 4 members (excludes halogenated alkanes) is 2. The number of fused-ring (bicyclic) bond motifs is 1. The van der Waals surface area contributed by atoms with E-state index < -0.39 is 5.60 Å². The van der Waals surface area contributed by atoms with Crippen molar-refractivity contribution in [2.75, 3.05) is 58.4 Å². The zero-order chi connectivity index (χ0) is 25.3. The van der Waals surface area contributed by atoms with Gasteiger partial charge in [-0.3, -0.25) is 9.69 Å². The molecule has 1 aromatic heterocycles.